The van der Waals surface area contributed by atoms with E-state index in [9.17, 15) is 4.79 Å². The Balaban J connectivity index is 1.78. The summed E-state index contributed by atoms with van der Waals surface area (Å²) >= 11 is 0. The summed E-state index contributed by atoms with van der Waals surface area (Å²) in [4.78, 5) is 12.0. The zero-order valence-electron chi connectivity index (χ0n) is 12.2. The van der Waals surface area contributed by atoms with Crippen LogP contribution in [0, 0.1) is 0 Å². The maximum Gasteiger partial charge on any atom is 0.220 e. The van der Waals surface area contributed by atoms with Crippen molar-refractivity contribution in [3.05, 3.63) is 29.8 Å². The van der Waals surface area contributed by atoms with Crippen molar-refractivity contribution in [3.63, 3.8) is 0 Å². The molecule has 0 aliphatic carbocycles. The van der Waals surface area contributed by atoms with Crippen LogP contribution in [0.2, 0.25) is 0 Å². The number of amides is 1. The van der Waals surface area contributed by atoms with E-state index in [2.05, 4.69) is 23.6 Å². The molecule has 0 bridgehead atoms. The Morgan fingerprint density at radius 3 is 3.00 bits per heavy atom. The second kappa shape index (κ2) is 7.90. The van der Waals surface area contributed by atoms with Crippen molar-refractivity contribution in [1.29, 1.82) is 0 Å². The molecule has 0 fully saturated rings. The molecule has 20 heavy (non-hydrogen) atoms. The Bertz CT molecular complexity index is 434. The molecule has 0 radical (unpaired) electrons. The first-order valence-corrected chi connectivity index (χ1v) is 7.50. The van der Waals surface area contributed by atoms with Crippen LogP contribution in [-0.2, 0) is 4.79 Å². The minimum Gasteiger partial charge on any atom is -0.493 e. The van der Waals surface area contributed by atoms with E-state index in [4.69, 9.17) is 4.74 Å². The number of carbonyl (C=O) groups excluding carboxylic acids is 1. The van der Waals surface area contributed by atoms with Gasteiger partial charge in [0.1, 0.15) is 5.75 Å². The third-order valence-electron chi connectivity index (χ3n) is 3.57. The standard InChI is InChI=1S/C16H24N2O2/c1-2-8-17-9-10-18-16(19)12-13-7-11-20-15-6-4-3-5-14(13)15/h3-6,13,17H,2,7-12H2,1H3,(H,18,19). The van der Waals surface area contributed by atoms with Crippen LogP contribution in [0.5, 0.6) is 5.75 Å². The summed E-state index contributed by atoms with van der Waals surface area (Å²) in [7, 11) is 0. The molecule has 4 nitrogen and oxygen atoms in total. The van der Waals surface area contributed by atoms with Gasteiger partial charge in [-0.3, -0.25) is 4.79 Å². The molecular formula is C16H24N2O2. The summed E-state index contributed by atoms with van der Waals surface area (Å²) in [5, 5.41) is 6.25. The number of rotatable bonds is 7. The fourth-order valence-electron chi connectivity index (χ4n) is 2.52. The topological polar surface area (TPSA) is 50.4 Å². The van der Waals surface area contributed by atoms with Gasteiger partial charge < -0.3 is 15.4 Å². The fourth-order valence-corrected chi connectivity index (χ4v) is 2.52. The molecule has 1 aliphatic heterocycles. The molecule has 1 aliphatic rings. The smallest absolute Gasteiger partial charge is 0.220 e. The van der Waals surface area contributed by atoms with Gasteiger partial charge in [-0.05, 0) is 36.9 Å². The molecule has 1 amide bonds. The van der Waals surface area contributed by atoms with Crippen LogP contribution in [0.15, 0.2) is 24.3 Å². The number of hydrogen-bond donors (Lipinski definition) is 2. The van der Waals surface area contributed by atoms with E-state index in [1.807, 2.05) is 18.2 Å². The molecule has 1 heterocycles. The fraction of sp³-hybridized carbons (Fsp3) is 0.562. The van der Waals surface area contributed by atoms with Crippen molar-refractivity contribution >= 4 is 5.91 Å². The molecular weight excluding hydrogens is 252 g/mol. The second-order valence-electron chi connectivity index (χ2n) is 5.18. The quantitative estimate of drug-likeness (QED) is 0.750. The summed E-state index contributed by atoms with van der Waals surface area (Å²) in [6.45, 7) is 5.37. The minimum absolute atomic E-state index is 0.130. The van der Waals surface area contributed by atoms with Gasteiger partial charge in [0.05, 0.1) is 6.61 Å². The zero-order chi connectivity index (χ0) is 14.2. The number of ether oxygens (including phenoxy) is 1. The molecule has 0 spiro atoms. The van der Waals surface area contributed by atoms with Gasteiger partial charge in [-0.2, -0.15) is 0 Å². The first-order valence-electron chi connectivity index (χ1n) is 7.50. The maximum atomic E-state index is 12.0. The Morgan fingerprint density at radius 1 is 1.30 bits per heavy atom. The number of nitrogens with one attached hydrogen (secondary N) is 2. The lowest BCUT2D eigenvalue weighted by atomic mass is 9.90. The first kappa shape index (κ1) is 14.9. The van der Waals surface area contributed by atoms with Crippen LogP contribution in [0.1, 0.15) is 37.7 Å². The Kier molecular flexibility index (Phi) is 5.87. The summed E-state index contributed by atoms with van der Waals surface area (Å²) in [6.07, 6.45) is 2.58. The predicted molar refractivity (Wildman–Crippen MR) is 80.1 cm³/mol. The highest BCUT2D eigenvalue weighted by Crippen LogP contribution is 2.35. The van der Waals surface area contributed by atoms with E-state index in [1.165, 1.54) is 0 Å². The van der Waals surface area contributed by atoms with Crippen molar-refractivity contribution in [2.24, 2.45) is 0 Å². The molecule has 0 saturated carbocycles. The van der Waals surface area contributed by atoms with Crippen LogP contribution in [0.4, 0.5) is 0 Å². The SMILES string of the molecule is CCCNCCNC(=O)CC1CCOc2ccccc21. The molecule has 1 atom stereocenters. The lowest BCUT2D eigenvalue weighted by Gasteiger charge is -2.25. The Labute approximate surface area is 120 Å². The molecule has 2 rings (SSSR count). The van der Waals surface area contributed by atoms with E-state index < -0.39 is 0 Å². The zero-order valence-corrected chi connectivity index (χ0v) is 12.2. The Morgan fingerprint density at radius 2 is 2.15 bits per heavy atom. The van der Waals surface area contributed by atoms with Crippen molar-refractivity contribution in [3.8, 4) is 5.75 Å². The van der Waals surface area contributed by atoms with Crippen LogP contribution in [-0.4, -0.2) is 32.1 Å². The van der Waals surface area contributed by atoms with Crippen molar-refractivity contribution in [1.82, 2.24) is 10.6 Å². The minimum atomic E-state index is 0.130. The van der Waals surface area contributed by atoms with E-state index in [0.717, 1.165) is 37.2 Å². The summed E-state index contributed by atoms with van der Waals surface area (Å²) < 4.78 is 5.62. The lowest BCUT2D eigenvalue weighted by Crippen LogP contribution is -2.33. The van der Waals surface area contributed by atoms with Gasteiger partial charge in [-0.15, -0.1) is 0 Å². The van der Waals surface area contributed by atoms with Crippen LogP contribution in [0.3, 0.4) is 0 Å². The van der Waals surface area contributed by atoms with Gasteiger partial charge in [-0.25, -0.2) is 0 Å². The van der Waals surface area contributed by atoms with E-state index in [0.29, 0.717) is 19.6 Å². The molecule has 1 aromatic carbocycles. The highest BCUT2D eigenvalue weighted by atomic mass is 16.5. The molecule has 1 aromatic rings. The number of carbonyl (C=O) groups is 1. The first-order chi connectivity index (χ1) is 9.81. The van der Waals surface area contributed by atoms with E-state index >= 15 is 0 Å². The predicted octanol–water partition coefficient (Wildman–Crippen LogP) is 2.06. The Hall–Kier alpha value is -1.55. The molecule has 110 valence electrons. The third kappa shape index (κ3) is 4.23. The monoisotopic (exact) mass is 276 g/mol. The van der Waals surface area contributed by atoms with Gasteiger partial charge in [-0.1, -0.05) is 25.1 Å². The normalized spacial score (nSPS) is 17.1. The molecule has 2 N–H and O–H groups in total. The molecule has 0 aromatic heterocycles. The summed E-state index contributed by atoms with van der Waals surface area (Å²) in [5.41, 5.74) is 1.16. The summed E-state index contributed by atoms with van der Waals surface area (Å²) in [5.74, 6) is 1.34. The van der Waals surface area contributed by atoms with Crippen LogP contribution < -0.4 is 15.4 Å². The van der Waals surface area contributed by atoms with Crippen LogP contribution in [0.25, 0.3) is 0 Å². The number of benzene rings is 1. The average Bonchev–Trinajstić information content (AvgIpc) is 2.47. The highest BCUT2D eigenvalue weighted by molar-refractivity contribution is 5.77. The molecule has 4 heteroatoms. The van der Waals surface area contributed by atoms with Crippen molar-refractivity contribution in [2.45, 2.75) is 32.1 Å². The van der Waals surface area contributed by atoms with Gasteiger partial charge in [0.2, 0.25) is 5.91 Å². The highest BCUT2D eigenvalue weighted by Gasteiger charge is 2.23. The van der Waals surface area contributed by atoms with E-state index in [-0.39, 0.29) is 11.8 Å². The van der Waals surface area contributed by atoms with Gasteiger partial charge in [0, 0.05) is 19.5 Å². The van der Waals surface area contributed by atoms with Gasteiger partial charge >= 0.3 is 0 Å². The molecule has 1 unspecified atom stereocenters. The van der Waals surface area contributed by atoms with Crippen LogP contribution >= 0.6 is 0 Å². The third-order valence-corrected chi connectivity index (χ3v) is 3.57. The second-order valence-corrected chi connectivity index (χ2v) is 5.18. The number of fused-ring (bicyclic) bond motifs is 1. The van der Waals surface area contributed by atoms with Gasteiger partial charge in [0.25, 0.3) is 0 Å². The van der Waals surface area contributed by atoms with Crippen molar-refractivity contribution in [2.75, 3.05) is 26.2 Å². The van der Waals surface area contributed by atoms with Gasteiger partial charge in [0.15, 0.2) is 0 Å². The van der Waals surface area contributed by atoms with E-state index in [1.54, 1.807) is 0 Å². The number of para-hydroxylation sites is 1. The average molecular weight is 276 g/mol. The lowest BCUT2D eigenvalue weighted by molar-refractivity contribution is -0.121. The maximum absolute atomic E-state index is 12.0. The number of hydrogen-bond acceptors (Lipinski definition) is 3. The summed E-state index contributed by atoms with van der Waals surface area (Å²) in [6, 6.07) is 8.02. The largest absolute Gasteiger partial charge is 0.493 e. The van der Waals surface area contributed by atoms with Crippen molar-refractivity contribution < 1.29 is 9.53 Å². The molecule has 0 saturated heterocycles.